The van der Waals surface area contributed by atoms with Gasteiger partial charge in [0.05, 0.1) is 0 Å². The van der Waals surface area contributed by atoms with Gasteiger partial charge in [-0.05, 0) is 33.9 Å². The van der Waals surface area contributed by atoms with Crippen molar-refractivity contribution in [2.75, 3.05) is 19.4 Å². The van der Waals surface area contributed by atoms with Gasteiger partial charge in [0.2, 0.25) is 5.95 Å². The molecule has 1 fully saturated rings. The molecule has 96 valence electrons. The molecule has 0 radical (unpaired) electrons. The molecule has 1 aliphatic carbocycles. The zero-order valence-electron chi connectivity index (χ0n) is 11.2. The molecule has 1 N–H and O–H groups in total. The third kappa shape index (κ3) is 3.22. The average molecular weight is 236 g/mol. The zero-order valence-corrected chi connectivity index (χ0v) is 11.2. The number of hydrogen-bond acceptors (Lipinski definition) is 3. The summed E-state index contributed by atoms with van der Waals surface area (Å²) in [5.41, 5.74) is 0. The average Bonchev–Trinajstić information content (AvgIpc) is 2.91. The molecule has 0 aliphatic heterocycles. The number of nitrogens with zero attached hydrogens (tertiary/aromatic N) is 3. The molecule has 1 aromatic heterocycles. The smallest absolute Gasteiger partial charge is 0.203 e. The number of imidazole rings is 1. The normalized spacial score (nSPS) is 18.8. The molecule has 1 aliphatic rings. The van der Waals surface area contributed by atoms with Crippen LogP contribution in [0.1, 0.15) is 32.6 Å². The lowest BCUT2D eigenvalue weighted by atomic mass is 10.2. The Morgan fingerprint density at radius 2 is 2.18 bits per heavy atom. The van der Waals surface area contributed by atoms with Crippen LogP contribution >= 0.6 is 0 Å². The SMILES string of the molecule is CC(Cn1ccnc1NC1CCCC1)N(C)C. The van der Waals surface area contributed by atoms with E-state index >= 15 is 0 Å². The molecule has 1 aromatic rings. The van der Waals surface area contributed by atoms with Crippen molar-refractivity contribution in [2.45, 2.75) is 51.2 Å². The molecule has 0 bridgehead atoms. The van der Waals surface area contributed by atoms with Gasteiger partial charge in [0, 0.05) is 31.0 Å². The first-order valence-corrected chi connectivity index (χ1v) is 6.61. The van der Waals surface area contributed by atoms with Gasteiger partial charge in [0.1, 0.15) is 0 Å². The number of hydrogen-bond donors (Lipinski definition) is 1. The van der Waals surface area contributed by atoms with E-state index in [2.05, 4.69) is 47.0 Å². The molecule has 2 rings (SSSR count). The van der Waals surface area contributed by atoms with Crippen molar-refractivity contribution in [1.29, 1.82) is 0 Å². The molecule has 1 saturated carbocycles. The summed E-state index contributed by atoms with van der Waals surface area (Å²) in [5, 5.41) is 3.57. The van der Waals surface area contributed by atoms with Crippen LogP contribution in [-0.4, -0.2) is 40.6 Å². The van der Waals surface area contributed by atoms with Gasteiger partial charge < -0.3 is 14.8 Å². The fraction of sp³-hybridized carbons (Fsp3) is 0.769. The van der Waals surface area contributed by atoms with Gasteiger partial charge in [-0.1, -0.05) is 12.8 Å². The maximum absolute atomic E-state index is 4.43. The maximum Gasteiger partial charge on any atom is 0.203 e. The van der Waals surface area contributed by atoms with Crippen molar-refractivity contribution < 1.29 is 0 Å². The number of aromatic nitrogens is 2. The van der Waals surface area contributed by atoms with Crippen molar-refractivity contribution >= 4 is 5.95 Å². The molecule has 1 heterocycles. The van der Waals surface area contributed by atoms with Gasteiger partial charge in [0.15, 0.2) is 0 Å². The second kappa shape index (κ2) is 5.54. The predicted molar refractivity (Wildman–Crippen MR) is 71.3 cm³/mol. The van der Waals surface area contributed by atoms with Crippen molar-refractivity contribution in [3.05, 3.63) is 12.4 Å². The summed E-state index contributed by atoms with van der Waals surface area (Å²) in [6.07, 6.45) is 9.24. The Labute approximate surface area is 104 Å². The molecule has 1 unspecified atom stereocenters. The second-order valence-electron chi connectivity index (χ2n) is 5.34. The zero-order chi connectivity index (χ0) is 12.3. The van der Waals surface area contributed by atoms with E-state index in [0.29, 0.717) is 12.1 Å². The molecule has 4 nitrogen and oxygen atoms in total. The molecule has 0 aromatic carbocycles. The molecular formula is C13H24N4. The summed E-state index contributed by atoms with van der Waals surface area (Å²) in [4.78, 5) is 6.66. The van der Waals surface area contributed by atoms with E-state index in [-0.39, 0.29) is 0 Å². The fourth-order valence-electron chi connectivity index (χ4n) is 2.30. The monoisotopic (exact) mass is 236 g/mol. The number of likely N-dealkylation sites (N-methyl/N-ethyl adjacent to an activating group) is 1. The largest absolute Gasteiger partial charge is 0.353 e. The number of anilines is 1. The second-order valence-corrected chi connectivity index (χ2v) is 5.34. The Bertz CT molecular complexity index is 320. The minimum atomic E-state index is 0.522. The Kier molecular flexibility index (Phi) is 4.05. The quantitative estimate of drug-likeness (QED) is 0.850. The number of nitrogens with one attached hydrogen (secondary N) is 1. The third-order valence-electron chi connectivity index (χ3n) is 3.75. The molecule has 4 heteroatoms. The fourth-order valence-corrected chi connectivity index (χ4v) is 2.30. The third-order valence-corrected chi connectivity index (χ3v) is 3.75. The molecular weight excluding hydrogens is 212 g/mol. The van der Waals surface area contributed by atoms with Gasteiger partial charge in [-0.2, -0.15) is 0 Å². The Balaban J connectivity index is 1.96. The van der Waals surface area contributed by atoms with Crippen LogP contribution in [0, 0.1) is 0 Å². The Morgan fingerprint density at radius 3 is 2.82 bits per heavy atom. The first-order chi connectivity index (χ1) is 8.16. The molecule has 1 atom stereocenters. The summed E-state index contributed by atoms with van der Waals surface area (Å²) >= 11 is 0. The minimum Gasteiger partial charge on any atom is -0.353 e. The van der Waals surface area contributed by atoms with Gasteiger partial charge in [0.25, 0.3) is 0 Å². The van der Waals surface area contributed by atoms with E-state index in [1.807, 2.05) is 6.20 Å². The molecule has 17 heavy (non-hydrogen) atoms. The van der Waals surface area contributed by atoms with Gasteiger partial charge in [-0.25, -0.2) is 4.98 Å². The highest BCUT2D eigenvalue weighted by atomic mass is 15.2. The summed E-state index contributed by atoms with van der Waals surface area (Å²) in [5.74, 6) is 1.03. The van der Waals surface area contributed by atoms with Crippen molar-refractivity contribution in [1.82, 2.24) is 14.5 Å². The summed E-state index contributed by atoms with van der Waals surface area (Å²) < 4.78 is 2.23. The van der Waals surface area contributed by atoms with Crippen molar-refractivity contribution in [2.24, 2.45) is 0 Å². The Morgan fingerprint density at radius 1 is 1.47 bits per heavy atom. The van der Waals surface area contributed by atoms with E-state index in [1.165, 1.54) is 25.7 Å². The molecule has 0 spiro atoms. The summed E-state index contributed by atoms with van der Waals surface area (Å²) in [6, 6.07) is 1.15. The predicted octanol–water partition coefficient (Wildman–Crippen LogP) is 2.19. The first kappa shape index (κ1) is 12.4. The minimum absolute atomic E-state index is 0.522. The van der Waals surface area contributed by atoms with E-state index in [4.69, 9.17) is 0 Å². The maximum atomic E-state index is 4.43. The van der Waals surface area contributed by atoms with Crippen LogP contribution in [0.4, 0.5) is 5.95 Å². The number of rotatable bonds is 5. The lowest BCUT2D eigenvalue weighted by molar-refractivity contribution is 0.284. The van der Waals surface area contributed by atoms with E-state index in [9.17, 15) is 0 Å². The van der Waals surface area contributed by atoms with Crippen LogP contribution in [0.25, 0.3) is 0 Å². The lowest BCUT2D eigenvalue weighted by Crippen LogP contribution is -2.30. The van der Waals surface area contributed by atoms with Crippen LogP contribution in [0.5, 0.6) is 0 Å². The van der Waals surface area contributed by atoms with Crippen molar-refractivity contribution in [3.63, 3.8) is 0 Å². The van der Waals surface area contributed by atoms with Crippen LogP contribution in [0.15, 0.2) is 12.4 Å². The first-order valence-electron chi connectivity index (χ1n) is 6.61. The van der Waals surface area contributed by atoms with E-state index in [0.717, 1.165) is 12.5 Å². The summed E-state index contributed by atoms with van der Waals surface area (Å²) in [7, 11) is 4.23. The summed E-state index contributed by atoms with van der Waals surface area (Å²) in [6.45, 7) is 3.22. The van der Waals surface area contributed by atoms with E-state index < -0.39 is 0 Å². The van der Waals surface area contributed by atoms with Crippen LogP contribution in [-0.2, 0) is 6.54 Å². The highest BCUT2D eigenvalue weighted by Gasteiger charge is 2.17. The highest BCUT2D eigenvalue weighted by molar-refractivity contribution is 5.28. The topological polar surface area (TPSA) is 33.1 Å². The van der Waals surface area contributed by atoms with Crippen molar-refractivity contribution in [3.8, 4) is 0 Å². The highest BCUT2D eigenvalue weighted by Crippen LogP contribution is 2.21. The van der Waals surface area contributed by atoms with Crippen LogP contribution in [0.3, 0.4) is 0 Å². The lowest BCUT2D eigenvalue weighted by Gasteiger charge is -2.22. The van der Waals surface area contributed by atoms with Gasteiger partial charge in [-0.3, -0.25) is 0 Å². The standard InChI is InChI=1S/C13H24N4/c1-11(16(2)3)10-17-9-8-14-13(17)15-12-6-4-5-7-12/h8-9,11-12H,4-7,10H2,1-3H3,(H,14,15). The molecule has 0 amide bonds. The Hall–Kier alpha value is -1.03. The van der Waals surface area contributed by atoms with Gasteiger partial charge in [-0.15, -0.1) is 0 Å². The molecule has 0 saturated heterocycles. The van der Waals surface area contributed by atoms with Crippen LogP contribution < -0.4 is 5.32 Å². The van der Waals surface area contributed by atoms with Crippen LogP contribution in [0.2, 0.25) is 0 Å². The van der Waals surface area contributed by atoms with E-state index in [1.54, 1.807) is 0 Å². The van der Waals surface area contributed by atoms with Gasteiger partial charge >= 0.3 is 0 Å².